The fourth-order valence-corrected chi connectivity index (χ4v) is 2.62. The van der Waals surface area contributed by atoms with E-state index in [9.17, 15) is 15.0 Å². The van der Waals surface area contributed by atoms with E-state index < -0.39 is 6.10 Å². The molecule has 4 nitrogen and oxygen atoms in total. The van der Waals surface area contributed by atoms with Crippen LogP contribution in [0.25, 0.3) is 0 Å². The summed E-state index contributed by atoms with van der Waals surface area (Å²) in [5.41, 5.74) is 0. The summed E-state index contributed by atoms with van der Waals surface area (Å²) in [6, 6.07) is 0.175. The van der Waals surface area contributed by atoms with Crippen molar-refractivity contribution >= 4 is 5.91 Å². The molecule has 0 aromatic heterocycles. The zero-order chi connectivity index (χ0) is 13.5. The van der Waals surface area contributed by atoms with E-state index in [1.165, 1.54) is 0 Å². The number of likely N-dealkylation sites (tertiary alicyclic amines) is 1. The Morgan fingerprint density at radius 2 is 1.94 bits per heavy atom. The lowest BCUT2D eigenvalue weighted by molar-refractivity contribution is -0.134. The van der Waals surface area contributed by atoms with Gasteiger partial charge >= 0.3 is 0 Å². The van der Waals surface area contributed by atoms with Crippen LogP contribution in [0.4, 0.5) is 0 Å². The number of hydrogen-bond acceptors (Lipinski definition) is 3. The van der Waals surface area contributed by atoms with Gasteiger partial charge in [-0.25, -0.2) is 0 Å². The summed E-state index contributed by atoms with van der Waals surface area (Å²) < 4.78 is 0. The second-order valence-corrected chi connectivity index (χ2v) is 5.56. The van der Waals surface area contributed by atoms with Gasteiger partial charge in [-0.05, 0) is 39.5 Å². The Hall–Kier alpha value is -0.610. The molecule has 0 aromatic carbocycles. The number of rotatable bonds is 5. The molecule has 3 unspecified atom stereocenters. The van der Waals surface area contributed by atoms with Crippen molar-refractivity contribution in [1.29, 1.82) is 0 Å². The average molecular weight is 257 g/mol. The van der Waals surface area contributed by atoms with Crippen LogP contribution in [-0.4, -0.2) is 45.8 Å². The maximum atomic E-state index is 12.2. The zero-order valence-corrected chi connectivity index (χ0v) is 11.6. The van der Waals surface area contributed by atoms with Crippen molar-refractivity contribution in [2.45, 2.75) is 77.0 Å². The van der Waals surface area contributed by atoms with E-state index in [1.807, 2.05) is 4.90 Å². The van der Waals surface area contributed by atoms with Crippen LogP contribution in [0, 0.1) is 0 Å². The van der Waals surface area contributed by atoms with E-state index in [0.717, 1.165) is 32.2 Å². The first kappa shape index (κ1) is 15.4. The molecule has 1 amide bonds. The molecular weight excluding hydrogens is 230 g/mol. The van der Waals surface area contributed by atoms with Gasteiger partial charge in [0.25, 0.3) is 0 Å². The fourth-order valence-electron chi connectivity index (χ4n) is 2.62. The molecule has 1 saturated heterocycles. The molecule has 0 spiro atoms. The highest BCUT2D eigenvalue weighted by molar-refractivity contribution is 5.76. The van der Waals surface area contributed by atoms with Crippen molar-refractivity contribution in [1.82, 2.24) is 4.90 Å². The molecule has 4 heteroatoms. The van der Waals surface area contributed by atoms with Crippen molar-refractivity contribution in [3.8, 4) is 0 Å². The molecule has 0 saturated carbocycles. The molecule has 18 heavy (non-hydrogen) atoms. The van der Waals surface area contributed by atoms with Gasteiger partial charge in [-0.1, -0.05) is 12.8 Å². The van der Waals surface area contributed by atoms with Crippen molar-refractivity contribution < 1.29 is 15.0 Å². The zero-order valence-electron chi connectivity index (χ0n) is 11.6. The predicted molar refractivity (Wildman–Crippen MR) is 71.2 cm³/mol. The second kappa shape index (κ2) is 7.74. The molecule has 0 aliphatic carbocycles. The molecule has 0 radical (unpaired) electrons. The van der Waals surface area contributed by atoms with E-state index in [4.69, 9.17) is 0 Å². The van der Waals surface area contributed by atoms with Gasteiger partial charge in [0.2, 0.25) is 5.91 Å². The van der Waals surface area contributed by atoms with E-state index in [2.05, 4.69) is 0 Å². The maximum absolute atomic E-state index is 12.2. The van der Waals surface area contributed by atoms with Crippen LogP contribution >= 0.6 is 0 Å². The topological polar surface area (TPSA) is 60.8 Å². The Morgan fingerprint density at radius 1 is 1.22 bits per heavy atom. The van der Waals surface area contributed by atoms with Gasteiger partial charge in [0.05, 0.1) is 12.2 Å². The summed E-state index contributed by atoms with van der Waals surface area (Å²) in [6.45, 7) is 4.29. The van der Waals surface area contributed by atoms with E-state index in [-0.39, 0.29) is 18.1 Å². The molecule has 1 fully saturated rings. The van der Waals surface area contributed by atoms with Crippen LogP contribution in [0.1, 0.15) is 58.8 Å². The molecule has 0 aromatic rings. The smallest absolute Gasteiger partial charge is 0.222 e. The van der Waals surface area contributed by atoms with Crippen molar-refractivity contribution in [3.63, 3.8) is 0 Å². The molecule has 1 rings (SSSR count). The van der Waals surface area contributed by atoms with Crippen LogP contribution in [-0.2, 0) is 4.79 Å². The predicted octanol–water partition coefficient (Wildman–Crippen LogP) is 1.69. The third-order valence-electron chi connectivity index (χ3n) is 3.59. The molecule has 3 atom stereocenters. The molecule has 0 bridgehead atoms. The first-order valence-corrected chi connectivity index (χ1v) is 7.16. The Labute approximate surface area is 110 Å². The van der Waals surface area contributed by atoms with Gasteiger partial charge in [-0.2, -0.15) is 0 Å². The molecule has 106 valence electrons. The first-order valence-electron chi connectivity index (χ1n) is 7.16. The second-order valence-electron chi connectivity index (χ2n) is 5.56. The average Bonchev–Trinajstić information content (AvgIpc) is 2.50. The minimum Gasteiger partial charge on any atom is -0.393 e. The quantitative estimate of drug-likeness (QED) is 0.788. The maximum Gasteiger partial charge on any atom is 0.222 e. The normalized spacial score (nSPS) is 24.4. The number of carbonyl (C=O) groups is 1. The van der Waals surface area contributed by atoms with Crippen LogP contribution in [0.5, 0.6) is 0 Å². The van der Waals surface area contributed by atoms with Gasteiger partial charge in [0.1, 0.15) is 0 Å². The highest BCUT2D eigenvalue weighted by Crippen LogP contribution is 2.21. The van der Waals surface area contributed by atoms with Crippen LogP contribution < -0.4 is 0 Å². The lowest BCUT2D eigenvalue weighted by atomic mass is 10.0. The number of hydrogen-bond donors (Lipinski definition) is 2. The van der Waals surface area contributed by atoms with Crippen LogP contribution in [0.2, 0.25) is 0 Å². The number of amides is 1. The van der Waals surface area contributed by atoms with Crippen molar-refractivity contribution in [3.05, 3.63) is 0 Å². The van der Waals surface area contributed by atoms with Gasteiger partial charge in [0.15, 0.2) is 0 Å². The monoisotopic (exact) mass is 257 g/mol. The van der Waals surface area contributed by atoms with E-state index >= 15 is 0 Å². The Bertz CT molecular complexity index is 253. The lowest BCUT2D eigenvalue weighted by Crippen LogP contribution is -2.41. The first-order chi connectivity index (χ1) is 8.50. The standard InChI is InChI=1S/C14H27NO3/c1-11(16)7-8-14(18)15-9-5-3-4-6-13(15)10-12(2)17/h11-13,16-17H,3-10H2,1-2H3. The molecule has 1 aliphatic heterocycles. The third kappa shape index (κ3) is 5.36. The summed E-state index contributed by atoms with van der Waals surface area (Å²) in [6.07, 6.45) is 5.16. The lowest BCUT2D eigenvalue weighted by Gasteiger charge is -2.31. The van der Waals surface area contributed by atoms with E-state index in [0.29, 0.717) is 19.3 Å². The van der Waals surface area contributed by atoms with Crippen molar-refractivity contribution in [2.75, 3.05) is 6.54 Å². The Morgan fingerprint density at radius 3 is 2.56 bits per heavy atom. The van der Waals surface area contributed by atoms with Gasteiger partial charge in [0, 0.05) is 19.0 Å². The van der Waals surface area contributed by atoms with Gasteiger partial charge in [-0.3, -0.25) is 4.79 Å². The van der Waals surface area contributed by atoms with Gasteiger partial charge < -0.3 is 15.1 Å². The summed E-state index contributed by atoms with van der Waals surface area (Å²) in [5, 5.41) is 18.8. The molecule has 1 aliphatic rings. The summed E-state index contributed by atoms with van der Waals surface area (Å²) >= 11 is 0. The third-order valence-corrected chi connectivity index (χ3v) is 3.59. The largest absolute Gasteiger partial charge is 0.393 e. The number of aliphatic hydroxyl groups is 2. The molecule has 2 N–H and O–H groups in total. The minimum absolute atomic E-state index is 0.128. The highest BCUT2D eigenvalue weighted by atomic mass is 16.3. The minimum atomic E-state index is -0.420. The molecule has 1 heterocycles. The SMILES string of the molecule is CC(O)CCC(=O)N1CCCCCC1CC(C)O. The number of aliphatic hydroxyl groups excluding tert-OH is 2. The van der Waals surface area contributed by atoms with Crippen molar-refractivity contribution in [2.24, 2.45) is 0 Å². The van der Waals surface area contributed by atoms with E-state index in [1.54, 1.807) is 13.8 Å². The summed E-state index contributed by atoms with van der Waals surface area (Å²) in [7, 11) is 0. The Balaban J connectivity index is 2.57. The molecular formula is C14H27NO3. The Kier molecular flexibility index (Phi) is 6.65. The van der Waals surface area contributed by atoms with Crippen LogP contribution in [0.15, 0.2) is 0 Å². The fraction of sp³-hybridized carbons (Fsp3) is 0.929. The van der Waals surface area contributed by atoms with Crippen LogP contribution in [0.3, 0.4) is 0 Å². The number of carbonyl (C=O) groups excluding carboxylic acids is 1. The number of nitrogens with zero attached hydrogens (tertiary/aromatic N) is 1. The summed E-state index contributed by atoms with van der Waals surface area (Å²) in [5.74, 6) is 0.128. The summed E-state index contributed by atoms with van der Waals surface area (Å²) in [4.78, 5) is 14.1. The highest BCUT2D eigenvalue weighted by Gasteiger charge is 2.26. The van der Waals surface area contributed by atoms with Gasteiger partial charge in [-0.15, -0.1) is 0 Å².